The summed E-state index contributed by atoms with van der Waals surface area (Å²) in [5, 5.41) is 12.7. The Labute approximate surface area is 117 Å². The van der Waals surface area contributed by atoms with Crippen LogP contribution < -0.4 is 5.32 Å². The highest BCUT2D eigenvalue weighted by molar-refractivity contribution is 5.78. The first-order chi connectivity index (χ1) is 8.89. The molecular formula is C15H30N2O2. The van der Waals surface area contributed by atoms with Gasteiger partial charge in [0.2, 0.25) is 0 Å². The van der Waals surface area contributed by atoms with Crippen molar-refractivity contribution in [1.82, 2.24) is 10.2 Å². The summed E-state index contributed by atoms with van der Waals surface area (Å²) >= 11 is 0. The molecule has 0 aliphatic carbocycles. The molecule has 0 saturated carbocycles. The highest BCUT2D eigenvalue weighted by Crippen LogP contribution is 2.21. The van der Waals surface area contributed by atoms with Crippen molar-refractivity contribution in [2.75, 3.05) is 13.1 Å². The lowest BCUT2D eigenvalue weighted by Crippen LogP contribution is -2.54. The molecule has 1 saturated heterocycles. The molecule has 1 fully saturated rings. The molecule has 1 aliphatic rings. The number of rotatable bonds is 7. The maximum atomic E-state index is 11.5. The van der Waals surface area contributed by atoms with Gasteiger partial charge in [0, 0.05) is 18.6 Å². The first kappa shape index (κ1) is 16.4. The monoisotopic (exact) mass is 270 g/mol. The third kappa shape index (κ3) is 4.77. The average Bonchev–Trinajstić information content (AvgIpc) is 2.35. The van der Waals surface area contributed by atoms with Crippen LogP contribution in [-0.4, -0.2) is 46.7 Å². The van der Waals surface area contributed by atoms with Gasteiger partial charge in [-0.3, -0.25) is 10.1 Å². The van der Waals surface area contributed by atoms with Crippen LogP contribution in [0.25, 0.3) is 0 Å². The number of nitrogens with zero attached hydrogens (tertiary/aromatic N) is 1. The van der Waals surface area contributed by atoms with Gasteiger partial charge in [0.15, 0.2) is 0 Å². The Balaban J connectivity index is 2.57. The molecule has 112 valence electrons. The van der Waals surface area contributed by atoms with Crippen molar-refractivity contribution in [3.63, 3.8) is 0 Å². The number of carboxylic acid groups (broad SMARTS) is 1. The van der Waals surface area contributed by atoms with Crippen molar-refractivity contribution >= 4 is 5.97 Å². The molecule has 0 bridgehead atoms. The quantitative estimate of drug-likeness (QED) is 0.746. The molecule has 2 atom stereocenters. The number of carbonyl (C=O) groups is 1. The third-order valence-electron chi connectivity index (χ3n) is 4.20. The van der Waals surface area contributed by atoms with Gasteiger partial charge in [0.05, 0.1) is 0 Å². The van der Waals surface area contributed by atoms with E-state index in [1.54, 1.807) is 6.92 Å². The highest BCUT2D eigenvalue weighted by atomic mass is 16.4. The predicted molar refractivity (Wildman–Crippen MR) is 78.4 cm³/mol. The Morgan fingerprint density at radius 1 is 1.47 bits per heavy atom. The number of likely N-dealkylation sites (tertiary alicyclic amines) is 1. The minimum atomic E-state index is -0.816. The van der Waals surface area contributed by atoms with Crippen LogP contribution in [0.2, 0.25) is 0 Å². The fourth-order valence-electron chi connectivity index (χ4n) is 3.06. The van der Waals surface area contributed by atoms with E-state index in [-0.39, 0.29) is 6.04 Å². The van der Waals surface area contributed by atoms with Crippen LogP contribution in [0, 0.1) is 0 Å². The topological polar surface area (TPSA) is 52.6 Å². The summed E-state index contributed by atoms with van der Waals surface area (Å²) in [6.07, 6.45) is 5.66. The number of piperidine rings is 1. The molecule has 4 heteroatoms. The first-order valence-corrected chi connectivity index (χ1v) is 7.64. The van der Waals surface area contributed by atoms with Gasteiger partial charge in [-0.25, -0.2) is 0 Å². The Kier molecular flexibility index (Phi) is 6.27. The van der Waals surface area contributed by atoms with Gasteiger partial charge in [-0.15, -0.1) is 0 Å². The van der Waals surface area contributed by atoms with Gasteiger partial charge in [-0.1, -0.05) is 13.3 Å². The minimum absolute atomic E-state index is 0.185. The molecule has 19 heavy (non-hydrogen) atoms. The molecular weight excluding hydrogens is 240 g/mol. The van der Waals surface area contributed by atoms with Crippen molar-refractivity contribution in [3.05, 3.63) is 0 Å². The second kappa shape index (κ2) is 7.25. The summed E-state index contributed by atoms with van der Waals surface area (Å²) in [5.41, 5.74) is -0.816. The normalized spacial score (nSPS) is 24.4. The number of hydrogen-bond donors (Lipinski definition) is 2. The van der Waals surface area contributed by atoms with Gasteiger partial charge in [0.25, 0.3) is 0 Å². The molecule has 0 aromatic rings. The molecule has 1 aliphatic heterocycles. The Hall–Kier alpha value is -0.610. The van der Waals surface area contributed by atoms with Crippen LogP contribution in [-0.2, 0) is 4.79 Å². The molecule has 2 unspecified atom stereocenters. The maximum absolute atomic E-state index is 11.5. The fraction of sp³-hybridized carbons (Fsp3) is 0.933. The van der Waals surface area contributed by atoms with E-state index in [2.05, 4.69) is 17.1 Å². The summed E-state index contributed by atoms with van der Waals surface area (Å²) in [6.45, 7) is 10.0. The van der Waals surface area contributed by atoms with Crippen molar-refractivity contribution < 1.29 is 9.90 Å². The van der Waals surface area contributed by atoms with Crippen LogP contribution in [0.4, 0.5) is 0 Å². The fourth-order valence-corrected chi connectivity index (χ4v) is 3.06. The largest absolute Gasteiger partial charge is 0.480 e. The third-order valence-corrected chi connectivity index (χ3v) is 4.20. The zero-order valence-electron chi connectivity index (χ0n) is 12.9. The van der Waals surface area contributed by atoms with E-state index in [0.717, 1.165) is 13.1 Å². The molecule has 1 rings (SSSR count). The Bertz CT molecular complexity index is 294. The number of aliphatic carboxylic acids is 1. The van der Waals surface area contributed by atoms with E-state index in [1.165, 1.54) is 25.7 Å². The lowest BCUT2D eigenvalue weighted by molar-refractivity contribution is -0.145. The predicted octanol–water partition coefficient (Wildman–Crippen LogP) is 2.48. The van der Waals surface area contributed by atoms with E-state index in [0.29, 0.717) is 12.5 Å². The highest BCUT2D eigenvalue weighted by Gasteiger charge is 2.34. The SMILES string of the molecule is CCC1CCCCN1CCC(C)(NC(C)C)C(=O)O. The average molecular weight is 270 g/mol. The number of nitrogens with one attached hydrogen (secondary N) is 1. The molecule has 0 aromatic carbocycles. The Morgan fingerprint density at radius 2 is 2.16 bits per heavy atom. The lowest BCUT2D eigenvalue weighted by atomic mass is 9.94. The van der Waals surface area contributed by atoms with Gasteiger partial charge < -0.3 is 10.0 Å². The van der Waals surface area contributed by atoms with Gasteiger partial charge in [0.1, 0.15) is 5.54 Å². The molecule has 4 nitrogen and oxygen atoms in total. The molecule has 0 spiro atoms. The van der Waals surface area contributed by atoms with E-state index in [9.17, 15) is 9.90 Å². The van der Waals surface area contributed by atoms with Crippen molar-refractivity contribution in [1.29, 1.82) is 0 Å². The second-order valence-electron chi connectivity index (χ2n) is 6.28. The molecule has 0 radical (unpaired) electrons. The molecule has 0 aromatic heterocycles. The summed E-state index contributed by atoms with van der Waals surface area (Å²) in [5.74, 6) is -0.744. The van der Waals surface area contributed by atoms with Crippen molar-refractivity contribution in [2.24, 2.45) is 0 Å². The number of hydrogen-bond acceptors (Lipinski definition) is 3. The first-order valence-electron chi connectivity index (χ1n) is 7.64. The van der Waals surface area contributed by atoms with Crippen LogP contribution in [0.3, 0.4) is 0 Å². The van der Waals surface area contributed by atoms with Gasteiger partial charge in [-0.05, 0) is 53.0 Å². The van der Waals surface area contributed by atoms with Crippen LogP contribution in [0.5, 0.6) is 0 Å². The zero-order valence-corrected chi connectivity index (χ0v) is 12.9. The van der Waals surface area contributed by atoms with Crippen molar-refractivity contribution in [3.8, 4) is 0 Å². The zero-order chi connectivity index (χ0) is 14.5. The van der Waals surface area contributed by atoms with E-state index < -0.39 is 11.5 Å². The number of carboxylic acids is 1. The Morgan fingerprint density at radius 3 is 2.68 bits per heavy atom. The second-order valence-corrected chi connectivity index (χ2v) is 6.28. The lowest BCUT2D eigenvalue weighted by Gasteiger charge is -2.38. The molecule has 0 amide bonds. The van der Waals surface area contributed by atoms with E-state index in [1.807, 2.05) is 13.8 Å². The summed E-state index contributed by atoms with van der Waals surface area (Å²) in [6, 6.07) is 0.829. The standard InChI is InChI=1S/C15H30N2O2/c1-5-13-8-6-7-10-17(13)11-9-15(4,14(18)19)16-12(2)3/h12-13,16H,5-11H2,1-4H3,(H,18,19). The van der Waals surface area contributed by atoms with Crippen LogP contribution in [0.1, 0.15) is 59.8 Å². The smallest absolute Gasteiger partial charge is 0.323 e. The van der Waals surface area contributed by atoms with Gasteiger partial charge >= 0.3 is 5.97 Å². The summed E-state index contributed by atoms with van der Waals surface area (Å²) in [4.78, 5) is 14.0. The summed E-state index contributed by atoms with van der Waals surface area (Å²) < 4.78 is 0. The van der Waals surface area contributed by atoms with Crippen molar-refractivity contribution in [2.45, 2.75) is 77.4 Å². The van der Waals surface area contributed by atoms with E-state index >= 15 is 0 Å². The molecule has 2 N–H and O–H groups in total. The minimum Gasteiger partial charge on any atom is -0.480 e. The van der Waals surface area contributed by atoms with Crippen LogP contribution in [0.15, 0.2) is 0 Å². The summed E-state index contributed by atoms with van der Waals surface area (Å²) in [7, 11) is 0. The maximum Gasteiger partial charge on any atom is 0.323 e. The van der Waals surface area contributed by atoms with Crippen LogP contribution >= 0.6 is 0 Å². The van der Waals surface area contributed by atoms with E-state index in [4.69, 9.17) is 0 Å². The molecule has 1 heterocycles. The van der Waals surface area contributed by atoms with Gasteiger partial charge in [-0.2, -0.15) is 0 Å².